The maximum absolute atomic E-state index is 5.46. The predicted octanol–water partition coefficient (Wildman–Crippen LogP) is 4.20. The topological polar surface area (TPSA) is 21.3 Å². The molecule has 2 rings (SSSR count). The van der Waals surface area contributed by atoms with Gasteiger partial charge in [-0.2, -0.15) is 11.8 Å². The first kappa shape index (κ1) is 15.9. The molecule has 1 N–H and O–H groups in total. The van der Waals surface area contributed by atoms with E-state index in [9.17, 15) is 0 Å². The number of benzene rings is 2. The van der Waals surface area contributed by atoms with Crippen molar-refractivity contribution in [3.63, 3.8) is 0 Å². The number of ether oxygens (including phenoxy) is 1. The van der Waals surface area contributed by atoms with Crippen LogP contribution in [0.2, 0.25) is 0 Å². The average molecular weight is 301 g/mol. The number of methoxy groups -OCH3 is 1. The minimum absolute atomic E-state index is 0.302. The van der Waals surface area contributed by atoms with Crippen LogP contribution in [0.15, 0.2) is 48.5 Å². The normalized spacial score (nSPS) is 12.1. The van der Waals surface area contributed by atoms with Crippen molar-refractivity contribution in [2.75, 3.05) is 19.9 Å². The minimum atomic E-state index is 0.302. The molecule has 0 radical (unpaired) electrons. The van der Waals surface area contributed by atoms with Gasteiger partial charge in [0.1, 0.15) is 5.75 Å². The van der Waals surface area contributed by atoms with Crippen LogP contribution in [0, 0.1) is 6.92 Å². The van der Waals surface area contributed by atoms with Crippen LogP contribution < -0.4 is 10.1 Å². The van der Waals surface area contributed by atoms with E-state index < -0.39 is 0 Å². The van der Waals surface area contributed by atoms with Crippen molar-refractivity contribution in [3.05, 3.63) is 65.2 Å². The minimum Gasteiger partial charge on any atom is -0.496 e. The Bertz CT molecular complexity index is 571. The van der Waals surface area contributed by atoms with Gasteiger partial charge in [0.05, 0.1) is 7.11 Å². The molecule has 3 heteroatoms. The van der Waals surface area contributed by atoms with Gasteiger partial charge < -0.3 is 10.1 Å². The molecule has 2 aromatic rings. The van der Waals surface area contributed by atoms with Gasteiger partial charge in [0.25, 0.3) is 0 Å². The standard InChI is InChI=1S/C18H23NOS/c1-14-7-6-8-15(11-14)12-21-13-17(19-2)16-9-4-5-10-18(16)20-3/h4-11,17,19H,12-13H2,1-3H3. The summed E-state index contributed by atoms with van der Waals surface area (Å²) in [6.07, 6.45) is 0. The van der Waals surface area contributed by atoms with Crippen molar-refractivity contribution in [1.82, 2.24) is 5.32 Å². The first-order valence-electron chi connectivity index (χ1n) is 7.18. The van der Waals surface area contributed by atoms with Gasteiger partial charge in [0, 0.05) is 23.1 Å². The zero-order valence-electron chi connectivity index (χ0n) is 12.9. The van der Waals surface area contributed by atoms with Gasteiger partial charge in [-0.3, -0.25) is 0 Å². The van der Waals surface area contributed by atoms with Crippen LogP contribution in [0.3, 0.4) is 0 Å². The third-order valence-electron chi connectivity index (χ3n) is 3.50. The van der Waals surface area contributed by atoms with Crippen LogP contribution in [-0.4, -0.2) is 19.9 Å². The summed E-state index contributed by atoms with van der Waals surface area (Å²) in [4.78, 5) is 0. The van der Waals surface area contributed by atoms with Gasteiger partial charge in [0.2, 0.25) is 0 Å². The summed E-state index contributed by atoms with van der Waals surface area (Å²) in [5.74, 6) is 3.01. The highest BCUT2D eigenvalue weighted by Gasteiger charge is 2.13. The molecular formula is C18H23NOS. The second kappa shape index (κ2) is 8.11. The lowest BCUT2D eigenvalue weighted by Crippen LogP contribution is -2.19. The molecule has 0 heterocycles. The van der Waals surface area contributed by atoms with Gasteiger partial charge in [-0.25, -0.2) is 0 Å². The van der Waals surface area contributed by atoms with Gasteiger partial charge in [0.15, 0.2) is 0 Å². The zero-order chi connectivity index (χ0) is 15.1. The summed E-state index contributed by atoms with van der Waals surface area (Å²) in [5.41, 5.74) is 3.93. The molecule has 0 saturated heterocycles. The monoisotopic (exact) mass is 301 g/mol. The van der Waals surface area contributed by atoms with E-state index in [2.05, 4.69) is 48.6 Å². The number of rotatable bonds is 7. The molecule has 1 atom stereocenters. The van der Waals surface area contributed by atoms with Crippen LogP contribution in [0.25, 0.3) is 0 Å². The number of nitrogens with one attached hydrogen (secondary N) is 1. The molecule has 2 aromatic carbocycles. The van der Waals surface area contributed by atoms with Crippen molar-refractivity contribution in [2.24, 2.45) is 0 Å². The van der Waals surface area contributed by atoms with Crippen LogP contribution in [0.5, 0.6) is 5.75 Å². The first-order chi connectivity index (χ1) is 10.2. The largest absolute Gasteiger partial charge is 0.496 e. The number of hydrogen-bond donors (Lipinski definition) is 1. The third-order valence-corrected chi connectivity index (χ3v) is 4.61. The maximum atomic E-state index is 5.46. The van der Waals surface area contributed by atoms with E-state index in [4.69, 9.17) is 4.74 Å². The molecule has 0 saturated carbocycles. The highest BCUT2D eigenvalue weighted by molar-refractivity contribution is 7.98. The number of para-hydroxylation sites is 1. The Morgan fingerprint density at radius 1 is 1.14 bits per heavy atom. The molecule has 0 spiro atoms. The molecule has 1 unspecified atom stereocenters. The Labute approximate surface area is 131 Å². The van der Waals surface area contributed by atoms with Crippen LogP contribution in [0.1, 0.15) is 22.7 Å². The Morgan fingerprint density at radius 2 is 1.95 bits per heavy atom. The van der Waals surface area contributed by atoms with E-state index in [1.165, 1.54) is 16.7 Å². The van der Waals surface area contributed by atoms with E-state index in [0.717, 1.165) is 17.3 Å². The van der Waals surface area contributed by atoms with Gasteiger partial charge in [-0.05, 0) is 25.6 Å². The summed E-state index contributed by atoms with van der Waals surface area (Å²) >= 11 is 1.94. The quantitative estimate of drug-likeness (QED) is 0.828. The molecule has 0 amide bonds. The summed E-state index contributed by atoms with van der Waals surface area (Å²) in [5, 5.41) is 3.39. The summed E-state index contributed by atoms with van der Waals surface area (Å²) in [7, 11) is 3.73. The highest BCUT2D eigenvalue weighted by atomic mass is 32.2. The lowest BCUT2D eigenvalue weighted by molar-refractivity contribution is 0.404. The Morgan fingerprint density at radius 3 is 2.67 bits per heavy atom. The molecule has 21 heavy (non-hydrogen) atoms. The number of hydrogen-bond acceptors (Lipinski definition) is 3. The lowest BCUT2D eigenvalue weighted by atomic mass is 10.1. The fraction of sp³-hybridized carbons (Fsp3) is 0.333. The number of aryl methyl sites for hydroxylation is 1. The van der Waals surface area contributed by atoms with Crippen LogP contribution in [-0.2, 0) is 5.75 Å². The van der Waals surface area contributed by atoms with Gasteiger partial charge >= 0.3 is 0 Å². The third kappa shape index (κ3) is 4.51. The van der Waals surface area contributed by atoms with Crippen molar-refractivity contribution >= 4 is 11.8 Å². The first-order valence-corrected chi connectivity index (χ1v) is 8.33. The fourth-order valence-corrected chi connectivity index (χ4v) is 3.49. The van der Waals surface area contributed by atoms with E-state index in [1.54, 1.807) is 7.11 Å². The smallest absolute Gasteiger partial charge is 0.123 e. The van der Waals surface area contributed by atoms with Crippen molar-refractivity contribution in [2.45, 2.75) is 18.7 Å². The molecule has 0 aliphatic rings. The molecule has 2 nitrogen and oxygen atoms in total. The van der Waals surface area contributed by atoms with E-state index >= 15 is 0 Å². The van der Waals surface area contributed by atoms with Gasteiger partial charge in [-0.15, -0.1) is 0 Å². The van der Waals surface area contributed by atoms with E-state index in [1.807, 2.05) is 30.9 Å². The summed E-state index contributed by atoms with van der Waals surface area (Å²) in [6.45, 7) is 2.14. The van der Waals surface area contributed by atoms with Crippen molar-refractivity contribution in [1.29, 1.82) is 0 Å². The van der Waals surface area contributed by atoms with Crippen molar-refractivity contribution in [3.8, 4) is 5.75 Å². The lowest BCUT2D eigenvalue weighted by Gasteiger charge is -2.19. The SMILES string of the molecule is CNC(CSCc1cccc(C)c1)c1ccccc1OC. The Balaban J connectivity index is 1.96. The predicted molar refractivity (Wildman–Crippen MR) is 92.1 cm³/mol. The van der Waals surface area contributed by atoms with E-state index in [-0.39, 0.29) is 0 Å². The Hall–Kier alpha value is -1.45. The maximum Gasteiger partial charge on any atom is 0.123 e. The molecule has 0 aliphatic heterocycles. The molecule has 0 aromatic heterocycles. The Kier molecular flexibility index (Phi) is 6.15. The van der Waals surface area contributed by atoms with Crippen LogP contribution in [0.4, 0.5) is 0 Å². The number of thioether (sulfide) groups is 1. The fourth-order valence-electron chi connectivity index (χ4n) is 2.38. The summed E-state index contributed by atoms with van der Waals surface area (Å²) in [6, 6.07) is 17.2. The zero-order valence-corrected chi connectivity index (χ0v) is 13.7. The van der Waals surface area contributed by atoms with Crippen molar-refractivity contribution < 1.29 is 4.74 Å². The average Bonchev–Trinajstić information content (AvgIpc) is 2.52. The molecular weight excluding hydrogens is 278 g/mol. The second-order valence-corrected chi connectivity index (χ2v) is 6.12. The van der Waals surface area contributed by atoms with Crippen LogP contribution >= 0.6 is 11.8 Å². The molecule has 0 aliphatic carbocycles. The molecule has 0 fully saturated rings. The second-order valence-electron chi connectivity index (χ2n) is 5.09. The highest BCUT2D eigenvalue weighted by Crippen LogP contribution is 2.28. The molecule has 112 valence electrons. The molecule has 0 bridgehead atoms. The van der Waals surface area contributed by atoms with Gasteiger partial charge in [-0.1, -0.05) is 48.0 Å². The summed E-state index contributed by atoms with van der Waals surface area (Å²) < 4.78 is 5.46. The van der Waals surface area contributed by atoms with E-state index in [0.29, 0.717) is 6.04 Å².